The van der Waals surface area contributed by atoms with Gasteiger partial charge in [-0.05, 0) is 19.1 Å². The topological polar surface area (TPSA) is 42.1 Å². The molecule has 1 aromatic heterocycles. The van der Waals surface area contributed by atoms with Crippen LogP contribution < -0.4 is 4.74 Å². The molecule has 0 bridgehead atoms. The summed E-state index contributed by atoms with van der Waals surface area (Å²) in [6.07, 6.45) is 1.75. The van der Waals surface area contributed by atoms with E-state index in [1.165, 1.54) is 0 Å². The Kier molecular flexibility index (Phi) is 3.03. The number of benzene rings is 2. The Labute approximate surface area is 117 Å². The van der Waals surface area contributed by atoms with Gasteiger partial charge in [-0.1, -0.05) is 35.9 Å². The molecule has 0 spiro atoms. The van der Waals surface area contributed by atoms with Crippen LogP contribution in [0, 0.1) is 6.92 Å². The Balaban J connectivity index is 2.14. The number of H-pyrrole nitrogens is 1. The first kappa shape index (κ1) is 12.5. The molecular formula is C17H15NO2. The maximum absolute atomic E-state index is 12.6. The zero-order valence-electron chi connectivity index (χ0n) is 11.4. The van der Waals surface area contributed by atoms with E-state index < -0.39 is 0 Å². The van der Waals surface area contributed by atoms with Gasteiger partial charge in [0.2, 0.25) is 0 Å². The van der Waals surface area contributed by atoms with Gasteiger partial charge in [0.25, 0.3) is 0 Å². The van der Waals surface area contributed by atoms with E-state index in [0.717, 1.165) is 16.5 Å². The van der Waals surface area contributed by atoms with Crippen LogP contribution in [0.25, 0.3) is 10.9 Å². The van der Waals surface area contributed by atoms with E-state index in [2.05, 4.69) is 4.98 Å². The Morgan fingerprint density at radius 3 is 2.55 bits per heavy atom. The van der Waals surface area contributed by atoms with Gasteiger partial charge in [-0.15, -0.1) is 0 Å². The van der Waals surface area contributed by atoms with Crippen molar-refractivity contribution >= 4 is 16.7 Å². The minimum Gasteiger partial charge on any atom is -0.496 e. The molecule has 0 aliphatic heterocycles. The maximum Gasteiger partial charge on any atom is 0.195 e. The smallest absolute Gasteiger partial charge is 0.195 e. The van der Waals surface area contributed by atoms with Crippen molar-refractivity contribution in [2.75, 3.05) is 7.11 Å². The first-order valence-corrected chi connectivity index (χ1v) is 6.46. The van der Waals surface area contributed by atoms with Crippen LogP contribution in [0.5, 0.6) is 5.75 Å². The largest absolute Gasteiger partial charge is 0.496 e. The molecule has 3 nitrogen and oxygen atoms in total. The molecule has 0 atom stereocenters. The fraction of sp³-hybridized carbons (Fsp3) is 0.118. The third-order valence-electron chi connectivity index (χ3n) is 3.45. The number of methoxy groups -OCH3 is 1. The Hall–Kier alpha value is -2.55. The van der Waals surface area contributed by atoms with Crippen LogP contribution in [-0.4, -0.2) is 17.9 Å². The minimum absolute atomic E-state index is 0.000694. The van der Waals surface area contributed by atoms with Crippen molar-refractivity contribution < 1.29 is 9.53 Å². The van der Waals surface area contributed by atoms with Gasteiger partial charge in [0, 0.05) is 17.3 Å². The summed E-state index contributed by atoms with van der Waals surface area (Å²) in [6, 6.07) is 13.3. The average Bonchev–Trinajstić information content (AvgIpc) is 2.91. The first-order valence-electron chi connectivity index (χ1n) is 6.46. The standard InChI is InChI=1S/C17H15NO2/c1-11-6-8-12(9-7-11)17(19)13-10-18-14-4-3-5-15(20-2)16(13)14/h3-10,18H,1-2H3. The number of fused-ring (bicyclic) bond motifs is 1. The zero-order valence-corrected chi connectivity index (χ0v) is 11.4. The van der Waals surface area contributed by atoms with Crippen molar-refractivity contribution in [1.29, 1.82) is 0 Å². The summed E-state index contributed by atoms with van der Waals surface area (Å²) in [6.45, 7) is 2.00. The van der Waals surface area contributed by atoms with E-state index in [1.54, 1.807) is 13.3 Å². The summed E-state index contributed by atoms with van der Waals surface area (Å²) in [4.78, 5) is 15.7. The lowest BCUT2D eigenvalue weighted by atomic mass is 10.0. The van der Waals surface area contributed by atoms with Crippen molar-refractivity contribution in [1.82, 2.24) is 4.98 Å². The molecule has 3 heteroatoms. The molecule has 1 N–H and O–H groups in total. The van der Waals surface area contributed by atoms with Crippen molar-refractivity contribution in [2.24, 2.45) is 0 Å². The van der Waals surface area contributed by atoms with Gasteiger partial charge in [-0.25, -0.2) is 0 Å². The zero-order chi connectivity index (χ0) is 14.1. The third-order valence-corrected chi connectivity index (χ3v) is 3.45. The van der Waals surface area contributed by atoms with Gasteiger partial charge in [-0.3, -0.25) is 4.79 Å². The van der Waals surface area contributed by atoms with Crippen LogP contribution in [-0.2, 0) is 0 Å². The van der Waals surface area contributed by atoms with Crippen molar-refractivity contribution in [3.05, 3.63) is 65.4 Å². The van der Waals surface area contributed by atoms with Crippen LogP contribution in [0.2, 0.25) is 0 Å². The molecule has 0 unspecified atom stereocenters. The first-order chi connectivity index (χ1) is 9.70. The summed E-state index contributed by atoms with van der Waals surface area (Å²) >= 11 is 0. The summed E-state index contributed by atoms with van der Waals surface area (Å²) < 4.78 is 5.36. The van der Waals surface area contributed by atoms with Gasteiger partial charge >= 0.3 is 0 Å². The van der Waals surface area contributed by atoms with Crippen LogP contribution in [0.15, 0.2) is 48.7 Å². The molecule has 0 amide bonds. The number of aromatic nitrogens is 1. The molecular weight excluding hydrogens is 250 g/mol. The summed E-state index contributed by atoms with van der Waals surface area (Å²) in [7, 11) is 1.61. The van der Waals surface area contributed by atoms with Gasteiger partial charge in [0.1, 0.15) is 5.75 Å². The number of ether oxygens (including phenoxy) is 1. The molecule has 0 saturated heterocycles. The van der Waals surface area contributed by atoms with E-state index in [0.29, 0.717) is 16.9 Å². The molecule has 0 fully saturated rings. The fourth-order valence-electron chi connectivity index (χ4n) is 2.36. The van der Waals surface area contributed by atoms with E-state index in [9.17, 15) is 4.79 Å². The van der Waals surface area contributed by atoms with Crippen LogP contribution in [0.3, 0.4) is 0 Å². The number of nitrogens with one attached hydrogen (secondary N) is 1. The van der Waals surface area contributed by atoms with Crippen LogP contribution in [0.4, 0.5) is 0 Å². The van der Waals surface area contributed by atoms with Crippen molar-refractivity contribution in [3.8, 4) is 5.75 Å². The van der Waals surface area contributed by atoms with Crippen LogP contribution >= 0.6 is 0 Å². The van der Waals surface area contributed by atoms with Crippen LogP contribution in [0.1, 0.15) is 21.5 Å². The number of aromatic amines is 1. The quantitative estimate of drug-likeness (QED) is 0.733. The number of rotatable bonds is 3. The molecule has 3 rings (SSSR count). The lowest BCUT2D eigenvalue weighted by Gasteiger charge is -2.05. The monoisotopic (exact) mass is 265 g/mol. The number of ketones is 1. The fourth-order valence-corrected chi connectivity index (χ4v) is 2.36. The summed E-state index contributed by atoms with van der Waals surface area (Å²) in [5, 5.41) is 0.834. The highest BCUT2D eigenvalue weighted by molar-refractivity contribution is 6.17. The molecule has 100 valence electrons. The highest BCUT2D eigenvalue weighted by Crippen LogP contribution is 2.29. The van der Waals surface area contributed by atoms with Crippen molar-refractivity contribution in [2.45, 2.75) is 6.92 Å². The molecule has 0 aliphatic rings. The lowest BCUT2D eigenvalue weighted by molar-refractivity contribution is 0.104. The molecule has 0 aliphatic carbocycles. The Morgan fingerprint density at radius 1 is 1.10 bits per heavy atom. The van der Waals surface area contributed by atoms with E-state index in [4.69, 9.17) is 4.74 Å². The second-order valence-corrected chi connectivity index (χ2v) is 4.78. The Morgan fingerprint density at radius 2 is 1.85 bits per heavy atom. The highest BCUT2D eigenvalue weighted by atomic mass is 16.5. The normalized spacial score (nSPS) is 10.7. The summed E-state index contributed by atoms with van der Waals surface area (Å²) in [5.41, 5.74) is 3.36. The van der Waals surface area contributed by atoms with E-state index in [1.807, 2.05) is 49.4 Å². The van der Waals surface area contributed by atoms with Gasteiger partial charge < -0.3 is 9.72 Å². The molecule has 0 radical (unpaired) electrons. The molecule has 3 aromatic rings. The predicted molar refractivity (Wildman–Crippen MR) is 79.5 cm³/mol. The van der Waals surface area contributed by atoms with Gasteiger partial charge in [0.15, 0.2) is 5.78 Å². The molecule has 0 saturated carbocycles. The molecule has 1 heterocycles. The maximum atomic E-state index is 12.6. The number of hydrogen-bond donors (Lipinski definition) is 1. The van der Waals surface area contributed by atoms with E-state index >= 15 is 0 Å². The second-order valence-electron chi connectivity index (χ2n) is 4.78. The summed E-state index contributed by atoms with van der Waals surface area (Å²) in [5.74, 6) is 0.708. The SMILES string of the molecule is COc1cccc2[nH]cc(C(=O)c3ccc(C)cc3)c12. The number of hydrogen-bond acceptors (Lipinski definition) is 2. The number of carbonyl (C=O) groups excluding carboxylic acids is 1. The molecule has 2 aromatic carbocycles. The molecule has 20 heavy (non-hydrogen) atoms. The third kappa shape index (κ3) is 1.97. The minimum atomic E-state index is 0.000694. The average molecular weight is 265 g/mol. The van der Waals surface area contributed by atoms with E-state index in [-0.39, 0.29) is 5.78 Å². The van der Waals surface area contributed by atoms with Gasteiger partial charge in [-0.2, -0.15) is 0 Å². The number of aryl methyl sites for hydroxylation is 1. The van der Waals surface area contributed by atoms with Crippen molar-refractivity contribution in [3.63, 3.8) is 0 Å². The predicted octanol–water partition coefficient (Wildman–Crippen LogP) is 3.72. The number of carbonyl (C=O) groups is 1. The second kappa shape index (κ2) is 4.85. The van der Waals surface area contributed by atoms with Gasteiger partial charge in [0.05, 0.1) is 18.1 Å². The Bertz CT molecular complexity index is 769. The lowest BCUT2D eigenvalue weighted by Crippen LogP contribution is -2.00. The highest BCUT2D eigenvalue weighted by Gasteiger charge is 2.16.